The van der Waals surface area contributed by atoms with E-state index < -0.39 is 0 Å². The fraction of sp³-hybridized carbons (Fsp3) is 0.375. The minimum atomic E-state index is 0. The van der Waals surface area contributed by atoms with E-state index in [1.165, 1.54) is 0 Å². The molecule has 1 aromatic rings. The minimum Gasteiger partial charge on any atom is -0.490 e. The molecule has 1 rings (SSSR count). The Morgan fingerprint density at radius 3 is 2.00 bits per heavy atom. The van der Waals surface area contributed by atoms with Gasteiger partial charge in [-0.05, 0) is 0 Å². The first-order valence-corrected chi connectivity index (χ1v) is 3.10. The molecule has 0 aromatic carbocycles. The van der Waals surface area contributed by atoms with Crippen LogP contribution < -0.4 is 0 Å². The summed E-state index contributed by atoms with van der Waals surface area (Å²) in [5, 5.41) is 0. The van der Waals surface area contributed by atoms with E-state index in [0.717, 1.165) is 5.69 Å². The summed E-state index contributed by atoms with van der Waals surface area (Å²) < 4.78 is 0. The number of pyridine rings is 1. The molecule has 0 spiro atoms. The van der Waals surface area contributed by atoms with E-state index in [9.17, 15) is 0 Å². The Labute approximate surface area is 120 Å². The normalized spacial score (nSPS) is 6.09. The van der Waals surface area contributed by atoms with Gasteiger partial charge in [0.05, 0.1) is 0 Å². The Bertz CT molecular complexity index is 142. The summed E-state index contributed by atoms with van der Waals surface area (Å²) in [6.07, 6.45) is 1.63. The smallest absolute Gasteiger partial charge is 0 e. The molecule has 0 unspecified atom stereocenters. The van der Waals surface area contributed by atoms with Crippen LogP contribution in [-0.2, 0) is 65.4 Å². The first-order chi connectivity index (χ1) is 4.39. The number of aromatic nitrogens is 1. The van der Waals surface area contributed by atoms with Gasteiger partial charge in [-0.15, -0.1) is 5.69 Å². The van der Waals surface area contributed by atoms with Crippen molar-refractivity contribution in [3.8, 4) is 0 Å². The molecule has 0 aliphatic rings. The monoisotopic (exact) mass is 299 g/mol. The maximum Gasteiger partial charge on any atom is 0 e. The van der Waals surface area contributed by atoms with Gasteiger partial charge in [0.1, 0.15) is 0 Å². The molecule has 3 heteroatoms. The van der Waals surface area contributed by atoms with Crippen LogP contribution in [0, 0.1) is 19.1 Å². The Morgan fingerprint density at radius 1 is 1.27 bits per heavy atom. The summed E-state index contributed by atoms with van der Waals surface area (Å²) in [7, 11) is 0. The largest absolute Gasteiger partial charge is 0.490 e. The molecule has 0 aliphatic carbocycles. The molecule has 1 aromatic heterocycles. The van der Waals surface area contributed by atoms with E-state index >= 15 is 0 Å². The molecular weight excluding hydrogens is 288 g/mol. The molecule has 0 aliphatic heterocycles. The van der Waals surface area contributed by atoms with Crippen molar-refractivity contribution in [2.24, 2.45) is 0 Å². The van der Waals surface area contributed by atoms with Gasteiger partial charge >= 0.3 is 0 Å². The number of aryl methyl sites for hydroxylation is 1. The van der Waals surface area contributed by atoms with Crippen molar-refractivity contribution in [2.45, 2.75) is 20.8 Å². The van der Waals surface area contributed by atoms with Gasteiger partial charge in [0, 0.05) is 65.4 Å². The molecule has 0 N–H and O–H groups in total. The Balaban J connectivity index is -0.000000149. The van der Waals surface area contributed by atoms with Crippen LogP contribution in [0.3, 0.4) is 0 Å². The van der Waals surface area contributed by atoms with Gasteiger partial charge in [-0.2, -0.15) is 6.20 Å². The van der Waals surface area contributed by atoms with Crippen molar-refractivity contribution in [2.75, 3.05) is 0 Å². The van der Waals surface area contributed by atoms with Crippen LogP contribution in [-0.4, -0.2) is 4.98 Å². The van der Waals surface area contributed by atoms with Crippen molar-refractivity contribution >= 4 is 0 Å². The first kappa shape index (κ1) is 18.2. The van der Waals surface area contributed by atoms with E-state index in [1.807, 2.05) is 20.8 Å². The van der Waals surface area contributed by atoms with Crippen LogP contribution in [0.1, 0.15) is 19.5 Å². The second-order valence-corrected chi connectivity index (χ2v) is 1.30. The summed E-state index contributed by atoms with van der Waals surface area (Å²) in [6, 6.07) is 7.36. The quantitative estimate of drug-likeness (QED) is 0.668. The maximum atomic E-state index is 3.87. The fourth-order valence-corrected chi connectivity index (χ4v) is 0.355. The Hall–Kier alpha value is 1.36. The second kappa shape index (κ2) is 13.9. The van der Waals surface area contributed by atoms with Crippen molar-refractivity contribution < 1.29 is 65.4 Å². The molecule has 0 atom stereocenters. The number of rotatable bonds is 0. The molecule has 2 radical (unpaired) electrons. The third-order valence-electron chi connectivity index (χ3n) is 0.697. The summed E-state index contributed by atoms with van der Waals surface area (Å²) in [5.74, 6) is 0. The second-order valence-electron chi connectivity index (χ2n) is 1.30. The molecule has 11 heavy (non-hydrogen) atoms. The first-order valence-electron chi connectivity index (χ1n) is 3.10. The zero-order valence-corrected chi connectivity index (χ0v) is 12.9. The standard InChI is InChI=1S/C6H5N.C2H6.2Y/c1-6-4-2-3-5-7-6;1-2;;/h2,5H,1H3;1-2H3;;/q-2;;;. The van der Waals surface area contributed by atoms with Gasteiger partial charge in [-0.25, -0.2) is 0 Å². The van der Waals surface area contributed by atoms with Crippen LogP contribution in [0.15, 0.2) is 12.3 Å². The van der Waals surface area contributed by atoms with Crippen molar-refractivity contribution in [1.29, 1.82) is 0 Å². The van der Waals surface area contributed by atoms with Crippen molar-refractivity contribution in [1.82, 2.24) is 4.98 Å². The minimum absolute atomic E-state index is 0. The SMILES string of the molecule is CC.Cc1[c-]c[c-]cn1.[Y].[Y]. The Morgan fingerprint density at radius 2 is 1.82 bits per heavy atom. The summed E-state index contributed by atoms with van der Waals surface area (Å²) in [5.41, 5.74) is 0.916. The van der Waals surface area contributed by atoms with Gasteiger partial charge in [-0.1, -0.05) is 20.8 Å². The van der Waals surface area contributed by atoms with E-state index in [2.05, 4.69) is 17.1 Å². The third-order valence-corrected chi connectivity index (χ3v) is 0.697. The van der Waals surface area contributed by atoms with E-state index in [1.54, 1.807) is 12.3 Å². The number of hydrogen-bond acceptors (Lipinski definition) is 1. The number of hydrogen-bond donors (Lipinski definition) is 0. The van der Waals surface area contributed by atoms with Crippen LogP contribution in [0.25, 0.3) is 0 Å². The molecule has 1 nitrogen and oxygen atoms in total. The zero-order valence-electron chi connectivity index (χ0n) is 7.26. The van der Waals surface area contributed by atoms with Gasteiger partial charge in [0.25, 0.3) is 0 Å². The van der Waals surface area contributed by atoms with Crippen LogP contribution >= 0.6 is 0 Å². The molecule has 1 heterocycles. The van der Waals surface area contributed by atoms with E-state index in [4.69, 9.17) is 0 Å². The average molecular weight is 299 g/mol. The fourth-order valence-electron chi connectivity index (χ4n) is 0.355. The molecule has 0 bridgehead atoms. The summed E-state index contributed by atoms with van der Waals surface area (Å²) in [6.45, 7) is 5.90. The predicted molar refractivity (Wildman–Crippen MR) is 38.0 cm³/mol. The molecular formula is C8H11NY2-2. The van der Waals surface area contributed by atoms with Gasteiger partial charge in [0.15, 0.2) is 0 Å². The maximum absolute atomic E-state index is 3.87. The third kappa shape index (κ3) is 11.4. The topological polar surface area (TPSA) is 12.9 Å². The summed E-state index contributed by atoms with van der Waals surface area (Å²) in [4.78, 5) is 3.87. The van der Waals surface area contributed by atoms with Crippen molar-refractivity contribution in [3.05, 3.63) is 30.1 Å². The number of nitrogens with zero attached hydrogens (tertiary/aromatic N) is 1. The predicted octanol–water partition coefficient (Wildman–Crippen LogP) is 2.01. The van der Waals surface area contributed by atoms with Crippen molar-refractivity contribution in [3.63, 3.8) is 0 Å². The van der Waals surface area contributed by atoms with E-state index in [-0.39, 0.29) is 65.4 Å². The molecule has 0 saturated carbocycles. The zero-order chi connectivity index (χ0) is 7.11. The average Bonchev–Trinajstić information content (AvgIpc) is 1.94. The van der Waals surface area contributed by atoms with Gasteiger partial charge in [-0.3, -0.25) is 0 Å². The van der Waals surface area contributed by atoms with Crippen LogP contribution in [0.2, 0.25) is 0 Å². The van der Waals surface area contributed by atoms with Crippen LogP contribution in [0.4, 0.5) is 0 Å². The summed E-state index contributed by atoms with van der Waals surface area (Å²) >= 11 is 0. The van der Waals surface area contributed by atoms with E-state index in [0.29, 0.717) is 0 Å². The van der Waals surface area contributed by atoms with Gasteiger partial charge in [0.2, 0.25) is 0 Å². The molecule has 56 valence electrons. The molecule has 0 fully saturated rings. The molecule has 0 amide bonds. The Kier molecular flexibility index (Phi) is 23.0. The van der Waals surface area contributed by atoms with Gasteiger partial charge < -0.3 is 23.2 Å². The molecule has 0 saturated heterocycles. The van der Waals surface area contributed by atoms with Crippen LogP contribution in [0.5, 0.6) is 0 Å².